The van der Waals surface area contributed by atoms with E-state index in [0.717, 1.165) is 21.8 Å². The van der Waals surface area contributed by atoms with Crippen molar-refractivity contribution < 1.29 is 14.3 Å². The minimum Gasteiger partial charge on any atom is -0.497 e. The second-order valence-electron chi connectivity index (χ2n) is 6.63. The summed E-state index contributed by atoms with van der Waals surface area (Å²) < 4.78 is 5.35. The highest BCUT2D eigenvalue weighted by Gasteiger charge is 2.36. The van der Waals surface area contributed by atoms with Crippen LogP contribution in [0.15, 0.2) is 18.2 Å². The molecule has 0 aliphatic heterocycles. The van der Waals surface area contributed by atoms with E-state index in [1.165, 1.54) is 23.8 Å². The first-order chi connectivity index (χ1) is 11.2. The Morgan fingerprint density at radius 2 is 2.04 bits per heavy atom. The zero-order chi connectivity index (χ0) is 17.6. The van der Waals surface area contributed by atoms with Crippen molar-refractivity contribution in [3.05, 3.63) is 34.9 Å². The molecule has 1 aromatic heterocycles. The van der Waals surface area contributed by atoms with Crippen LogP contribution in [0, 0.1) is 0 Å². The molecule has 1 aliphatic carbocycles. The smallest absolute Gasteiger partial charge is 0.252 e. The Labute approximate surface area is 144 Å². The van der Waals surface area contributed by atoms with Gasteiger partial charge in [-0.1, -0.05) is 13.8 Å². The average molecular weight is 344 g/mol. The van der Waals surface area contributed by atoms with Gasteiger partial charge in [-0.15, -0.1) is 11.3 Å². The first kappa shape index (κ1) is 16.5. The lowest BCUT2D eigenvalue weighted by Crippen LogP contribution is -2.27. The Balaban J connectivity index is 2.27. The van der Waals surface area contributed by atoms with Crippen LogP contribution in [-0.2, 0) is 16.6 Å². The van der Waals surface area contributed by atoms with Crippen LogP contribution in [0.4, 0.5) is 5.00 Å². The van der Waals surface area contributed by atoms with Crippen LogP contribution in [0.1, 0.15) is 42.3 Å². The van der Waals surface area contributed by atoms with E-state index in [2.05, 4.69) is 19.2 Å². The van der Waals surface area contributed by atoms with Gasteiger partial charge >= 0.3 is 0 Å². The Morgan fingerprint density at radius 1 is 1.33 bits per heavy atom. The van der Waals surface area contributed by atoms with Gasteiger partial charge in [0, 0.05) is 11.8 Å². The number of methoxy groups -OCH3 is 1. The highest BCUT2D eigenvalue weighted by molar-refractivity contribution is 7.20. The molecule has 0 saturated carbocycles. The van der Waals surface area contributed by atoms with Crippen molar-refractivity contribution in [3.63, 3.8) is 0 Å². The minimum absolute atomic E-state index is 0.171. The monoisotopic (exact) mass is 344 g/mol. The van der Waals surface area contributed by atoms with Gasteiger partial charge < -0.3 is 15.8 Å². The van der Waals surface area contributed by atoms with E-state index >= 15 is 0 Å². The second-order valence-corrected chi connectivity index (χ2v) is 7.65. The van der Waals surface area contributed by atoms with Crippen LogP contribution in [0.3, 0.4) is 0 Å². The summed E-state index contributed by atoms with van der Waals surface area (Å²) in [5, 5.41) is 3.27. The molecular weight excluding hydrogens is 324 g/mol. The maximum absolute atomic E-state index is 12.0. The zero-order valence-electron chi connectivity index (χ0n) is 14.1. The Hall–Kier alpha value is -2.34. The number of amides is 2. The van der Waals surface area contributed by atoms with Crippen LogP contribution < -0.4 is 15.8 Å². The van der Waals surface area contributed by atoms with Gasteiger partial charge in [-0.05, 0) is 46.7 Å². The Bertz CT molecular complexity index is 852. The van der Waals surface area contributed by atoms with Gasteiger partial charge in [-0.2, -0.15) is 0 Å². The van der Waals surface area contributed by atoms with Crippen molar-refractivity contribution in [1.82, 2.24) is 0 Å². The van der Waals surface area contributed by atoms with E-state index < -0.39 is 5.91 Å². The molecule has 0 bridgehead atoms. The molecule has 1 heterocycles. The van der Waals surface area contributed by atoms with Gasteiger partial charge in [0.1, 0.15) is 10.8 Å². The lowest BCUT2D eigenvalue weighted by atomic mass is 9.71. The van der Waals surface area contributed by atoms with Crippen molar-refractivity contribution in [3.8, 4) is 16.2 Å². The number of carbonyl (C=O) groups excluding carboxylic acids is 2. The molecule has 3 rings (SSSR count). The maximum Gasteiger partial charge on any atom is 0.252 e. The van der Waals surface area contributed by atoms with Gasteiger partial charge in [-0.3, -0.25) is 9.59 Å². The fourth-order valence-electron chi connectivity index (χ4n) is 3.31. The molecule has 0 spiro atoms. The molecular formula is C18H20N2O3S. The number of thiophene rings is 1. The predicted molar refractivity (Wildman–Crippen MR) is 95.9 cm³/mol. The Morgan fingerprint density at radius 3 is 2.62 bits per heavy atom. The molecule has 6 heteroatoms. The highest BCUT2D eigenvalue weighted by atomic mass is 32.1. The van der Waals surface area contributed by atoms with Crippen LogP contribution in [0.25, 0.3) is 10.4 Å². The van der Waals surface area contributed by atoms with E-state index in [4.69, 9.17) is 10.5 Å². The van der Waals surface area contributed by atoms with E-state index in [-0.39, 0.29) is 11.3 Å². The van der Waals surface area contributed by atoms with Crippen molar-refractivity contribution >= 4 is 28.2 Å². The standard InChI is InChI=1S/C18H20N2O3S/c1-9(21)20-17-14(16(19)22)12-8-18(2,3)13-7-10(23-4)5-6-11(13)15(12)24-17/h5-7H,8H2,1-4H3,(H2,19,22)(H,20,21). The average Bonchev–Trinajstić information content (AvgIpc) is 2.83. The molecule has 1 aromatic carbocycles. The van der Waals surface area contributed by atoms with E-state index in [0.29, 0.717) is 17.0 Å². The van der Waals surface area contributed by atoms with Gasteiger partial charge in [-0.25, -0.2) is 0 Å². The maximum atomic E-state index is 12.0. The summed E-state index contributed by atoms with van der Waals surface area (Å²) in [7, 11) is 1.65. The molecule has 0 fully saturated rings. The van der Waals surface area contributed by atoms with Gasteiger partial charge in [0.05, 0.1) is 12.7 Å². The molecule has 3 N–H and O–H groups in total. The normalized spacial score (nSPS) is 14.5. The van der Waals surface area contributed by atoms with Crippen LogP contribution in [0.5, 0.6) is 5.75 Å². The quantitative estimate of drug-likeness (QED) is 0.896. The molecule has 2 aromatic rings. The molecule has 2 amide bonds. The molecule has 126 valence electrons. The van der Waals surface area contributed by atoms with E-state index in [1.54, 1.807) is 7.11 Å². The second kappa shape index (κ2) is 5.63. The number of benzene rings is 1. The topological polar surface area (TPSA) is 81.4 Å². The lowest BCUT2D eigenvalue weighted by Gasteiger charge is -2.33. The number of primary amides is 1. The third-order valence-corrected chi connectivity index (χ3v) is 5.54. The number of ether oxygens (including phenoxy) is 1. The zero-order valence-corrected chi connectivity index (χ0v) is 15.0. The number of nitrogens with one attached hydrogen (secondary N) is 1. The summed E-state index contributed by atoms with van der Waals surface area (Å²) >= 11 is 1.40. The number of hydrogen-bond donors (Lipinski definition) is 2. The third kappa shape index (κ3) is 2.57. The SMILES string of the molecule is COc1ccc2c(c1)C(C)(C)Cc1c-2sc(NC(C)=O)c1C(N)=O. The summed E-state index contributed by atoms with van der Waals surface area (Å²) in [6.07, 6.45) is 0.677. The fraction of sp³-hybridized carbons (Fsp3) is 0.333. The van der Waals surface area contributed by atoms with Crippen molar-refractivity contribution in [2.75, 3.05) is 12.4 Å². The number of rotatable bonds is 3. The number of hydrogen-bond acceptors (Lipinski definition) is 4. The molecule has 0 atom stereocenters. The minimum atomic E-state index is -0.510. The predicted octanol–water partition coefficient (Wildman–Crippen LogP) is 3.31. The first-order valence-corrected chi connectivity index (χ1v) is 8.48. The van der Waals surface area contributed by atoms with Gasteiger partial charge in [0.2, 0.25) is 5.91 Å². The summed E-state index contributed by atoms with van der Waals surface area (Å²) in [6.45, 7) is 5.69. The van der Waals surface area contributed by atoms with Crippen LogP contribution in [-0.4, -0.2) is 18.9 Å². The van der Waals surface area contributed by atoms with Crippen molar-refractivity contribution in [1.29, 1.82) is 0 Å². The van der Waals surface area contributed by atoms with Gasteiger partial charge in [0.15, 0.2) is 0 Å². The third-order valence-electron chi connectivity index (χ3n) is 4.36. The first-order valence-electron chi connectivity index (χ1n) is 7.66. The molecule has 0 unspecified atom stereocenters. The lowest BCUT2D eigenvalue weighted by molar-refractivity contribution is -0.114. The highest BCUT2D eigenvalue weighted by Crippen LogP contribution is 2.51. The fourth-order valence-corrected chi connectivity index (χ4v) is 4.62. The van der Waals surface area contributed by atoms with Crippen molar-refractivity contribution in [2.24, 2.45) is 5.73 Å². The number of nitrogens with two attached hydrogens (primary N) is 1. The molecule has 24 heavy (non-hydrogen) atoms. The van der Waals surface area contributed by atoms with Crippen LogP contribution in [0.2, 0.25) is 0 Å². The molecule has 0 saturated heterocycles. The van der Waals surface area contributed by atoms with Crippen LogP contribution >= 0.6 is 11.3 Å². The van der Waals surface area contributed by atoms with E-state index in [1.807, 2.05) is 18.2 Å². The summed E-state index contributed by atoms with van der Waals surface area (Å²) in [4.78, 5) is 24.5. The molecule has 1 aliphatic rings. The number of anilines is 1. The molecule has 0 radical (unpaired) electrons. The molecule has 5 nitrogen and oxygen atoms in total. The number of fused-ring (bicyclic) bond motifs is 3. The van der Waals surface area contributed by atoms with Crippen molar-refractivity contribution in [2.45, 2.75) is 32.6 Å². The largest absolute Gasteiger partial charge is 0.497 e. The number of carbonyl (C=O) groups is 2. The summed E-state index contributed by atoms with van der Waals surface area (Å²) in [5.74, 6) is 0.0772. The van der Waals surface area contributed by atoms with E-state index in [9.17, 15) is 9.59 Å². The summed E-state index contributed by atoms with van der Waals surface area (Å²) in [6, 6.07) is 5.96. The summed E-state index contributed by atoms with van der Waals surface area (Å²) in [5.41, 5.74) is 9.01. The van der Waals surface area contributed by atoms with Gasteiger partial charge in [0.25, 0.3) is 5.91 Å². The Kier molecular flexibility index (Phi) is 3.87.